The Hall–Kier alpha value is -2.84. The number of ether oxygens (including phenoxy) is 1. The molecule has 8 heteroatoms. The lowest BCUT2D eigenvalue weighted by molar-refractivity contribution is 0.102. The van der Waals surface area contributed by atoms with Crippen molar-refractivity contribution in [2.24, 2.45) is 0 Å². The molecular formula is C22H21BrN2O4S. The number of benzene rings is 3. The summed E-state index contributed by atoms with van der Waals surface area (Å²) in [6, 6.07) is 16.5. The number of rotatable bonds is 6. The summed E-state index contributed by atoms with van der Waals surface area (Å²) in [5, 5.41) is 2.75. The van der Waals surface area contributed by atoms with Crippen LogP contribution in [0.5, 0.6) is 5.75 Å². The molecule has 1 amide bonds. The van der Waals surface area contributed by atoms with Crippen molar-refractivity contribution in [2.45, 2.75) is 18.7 Å². The van der Waals surface area contributed by atoms with E-state index in [4.69, 9.17) is 4.74 Å². The second-order valence-corrected chi connectivity index (χ2v) is 9.29. The number of carbonyl (C=O) groups excluding carboxylic acids is 1. The van der Waals surface area contributed by atoms with Gasteiger partial charge in [-0.15, -0.1) is 0 Å². The molecule has 0 unspecified atom stereocenters. The Bertz CT molecular complexity index is 1190. The van der Waals surface area contributed by atoms with E-state index < -0.39 is 10.0 Å². The van der Waals surface area contributed by atoms with Gasteiger partial charge in [-0.2, -0.15) is 0 Å². The van der Waals surface area contributed by atoms with E-state index in [1.54, 1.807) is 43.5 Å². The highest BCUT2D eigenvalue weighted by atomic mass is 79.9. The number of aryl methyl sites for hydroxylation is 2. The fraction of sp³-hybridized carbons (Fsp3) is 0.136. The van der Waals surface area contributed by atoms with Gasteiger partial charge in [-0.25, -0.2) is 8.42 Å². The first kappa shape index (κ1) is 21.9. The zero-order chi connectivity index (χ0) is 21.9. The second kappa shape index (κ2) is 8.89. The molecule has 0 saturated heterocycles. The fourth-order valence-corrected chi connectivity index (χ4v) is 4.53. The Labute approximate surface area is 184 Å². The Morgan fingerprint density at radius 1 is 0.967 bits per heavy atom. The largest absolute Gasteiger partial charge is 0.496 e. The summed E-state index contributed by atoms with van der Waals surface area (Å²) in [5.41, 5.74) is 3.35. The summed E-state index contributed by atoms with van der Waals surface area (Å²) in [5.74, 6) is 0.305. The van der Waals surface area contributed by atoms with Gasteiger partial charge in [-0.1, -0.05) is 17.7 Å². The molecule has 3 rings (SSSR count). The van der Waals surface area contributed by atoms with Gasteiger partial charge in [0.15, 0.2) is 0 Å². The van der Waals surface area contributed by atoms with Crippen LogP contribution in [0.2, 0.25) is 0 Å². The van der Waals surface area contributed by atoms with E-state index in [0.29, 0.717) is 27.2 Å². The van der Waals surface area contributed by atoms with Gasteiger partial charge in [0.2, 0.25) is 0 Å². The number of nitrogens with one attached hydrogen (secondary N) is 2. The van der Waals surface area contributed by atoms with Crippen molar-refractivity contribution in [1.82, 2.24) is 0 Å². The molecule has 0 aliphatic rings. The highest BCUT2D eigenvalue weighted by Gasteiger charge is 2.16. The zero-order valence-corrected chi connectivity index (χ0v) is 19.1. The third-order valence-electron chi connectivity index (χ3n) is 4.46. The summed E-state index contributed by atoms with van der Waals surface area (Å²) in [4.78, 5) is 12.6. The molecule has 2 N–H and O–H groups in total. The van der Waals surface area contributed by atoms with Crippen LogP contribution in [0.25, 0.3) is 0 Å². The van der Waals surface area contributed by atoms with Crippen LogP contribution < -0.4 is 14.8 Å². The van der Waals surface area contributed by atoms with Crippen LogP contribution in [0.1, 0.15) is 21.5 Å². The highest BCUT2D eigenvalue weighted by molar-refractivity contribution is 9.10. The minimum Gasteiger partial charge on any atom is -0.496 e. The molecule has 0 aliphatic heterocycles. The number of anilines is 2. The maximum Gasteiger partial charge on any atom is 0.261 e. The van der Waals surface area contributed by atoms with Gasteiger partial charge in [-0.05, 0) is 83.9 Å². The maximum absolute atomic E-state index is 12.7. The number of hydrogen-bond donors (Lipinski definition) is 2. The van der Waals surface area contributed by atoms with E-state index in [1.807, 2.05) is 26.0 Å². The average molecular weight is 489 g/mol. The molecule has 0 atom stereocenters. The number of carbonyl (C=O) groups is 1. The minimum atomic E-state index is -3.74. The van der Waals surface area contributed by atoms with E-state index in [9.17, 15) is 13.2 Å². The number of halogens is 1. The Balaban J connectivity index is 1.73. The third-order valence-corrected chi connectivity index (χ3v) is 6.46. The predicted octanol–water partition coefficient (Wildman–Crippen LogP) is 5.13. The van der Waals surface area contributed by atoms with Gasteiger partial charge in [0, 0.05) is 11.3 Å². The van der Waals surface area contributed by atoms with Crippen LogP contribution in [0.15, 0.2) is 70.0 Å². The Kier molecular flexibility index (Phi) is 6.48. The first-order valence-corrected chi connectivity index (χ1v) is 11.3. The molecule has 6 nitrogen and oxygen atoms in total. The van der Waals surface area contributed by atoms with Crippen LogP contribution in [-0.4, -0.2) is 21.4 Å². The van der Waals surface area contributed by atoms with Crippen LogP contribution in [0.4, 0.5) is 11.4 Å². The van der Waals surface area contributed by atoms with Gasteiger partial charge in [0.1, 0.15) is 5.75 Å². The lowest BCUT2D eigenvalue weighted by Crippen LogP contribution is -2.15. The number of sulfonamides is 1. The van der Waals surface area contributed by atoms with Gasteiger partial charge >= 0.3 is 0 Å². The van der Waals surface area contributed by atoms with Crippen LogP contribution >= 0.6 is 15.9 Å². The van der Waals surface area contributed by atoms with Crippen LogP contribution in [0, 0.1) is 13.8 Å². The van der Waals surface area contributed by atoms with E-state index >= 15 is 0 Å². The summed E-state index contributed by atoms with van der Waals surface area (Å²) in [6.45, 7) is 3.80. The molecule has 30 heavy (non-hydrogen) atoms. The fourth-order valence-electron chi connectivity index (χ4n) is 2.86. The lowest BCUT2D eigenvalue weighted by atomic mass is 10.1. The lowest BCUT2D eigenvalue weighted by Gasteiger charge is -2.12. The van der Waals surface area contributed by atoms with Crippen molar-refractivity contribution in [3.05, 3.63) is 81.8 Å². The van der Waals surface area contributed by atoms with E-state index in [1.165, 1.54) is 12.1 Å². The normalized spacial score (nSPS) is 11.1. The smallest absolute Gasteiger partial charge is 0.261 e. The molecule has 0 saturated carbocycles. The van der Waals surface area contributed by atoms with Crippen molar-refractivity contribution < 1.29 is 17.9 Å². The van der Waals surface area contributed by atoms with E-state index in [2.05, 4.69) is 26.0 Å². The van der Waals surface area contributed by atoms with Gasteiger partial charge in [0.05, 0.1) is 22.2 Å². The number of amides is 1. The topological polar surface area (TPSA) is 84.5 Å². The quantitative estimate of drug-likeness (QED) is 0.503. The molecule has 0 aliphatic carbocycles. The first-order chi connectivity index (χ1) is 14.2. The average Bonchev–Trinajstić information content (AvgIpc) is 2.70. The molecule has 0 heterocycles. The second-order valence-electron chi connectivity index (χ2n) is 6.75. The van der Waals surface area contributed by atoms with E-state index in [0.717, 1.165) is 11.1 Å². The molecule has 3 aromatic rings. The van der Waals surface area contributed by atoms with Crippen molar-refractivity contribution >= 4 is 43.2 Å². The molecule has 0 aromatic heterocycles. The molecule has 156 valence electrons. The summed E-state index contributed by atoms with van der Waals surface area (Å²) in [7, 11) is -2.20. The minimum absolute atomic E-state index is 0.104. The first-order valence-electron chi connectivity index (χ1n) is 9.04. The number of hydrogen-bond acceptors (Lipinski definition) is 4. The molecule has 0 fully saturated rings. The maximum atomic E-state index is 12.7. The van der Waals surface area contributed by atoms with Gasteiger partial charge < -0.3 is 10.1 Å². The SMILES string of the molecule is COc1ccc(C(=O)Nc2ccc(S(=O)(=O)Nc3ccc(C)cc3C)cc2)cc1Br. The Morgan fingerprint density at radius 2 is 1.67 bits per heavy atom. The molecule has 0 bridgehead atoms. The standard InChI is InChI=1S/C22H21BrN2O4S/c1-14-4-10-20(15(2)12-14)25-30(27,28)18-8-6-17(7-9-18)24-22(26)16-5-11-21(29-3)19(23)13-16/h4-13,25H,1-3H3,(H,24,26). The molecule has 0 spiro atoms. The van der Waals surface area contributed by atoms with Crippen molar-refractivity contribution in [2.75, 3.05) is 17.1 Å². The van der Waals surface area contributed by atoms with Crippen LogP contribution in [0.3, 0.4) is 0 Å². The molecule has 3 aromatic carbocycles. The number of methoxy groups -OCH3 is 1. The van der Waals surface area contributed by atoms with Crippen molar-refractivity contribution in [3.8, 4) is 5.75 Å². The molecule has 0 radical (unpaired) electrons. The Morgan fingerprint density at radius 3 is 2.27 bits per heavy atom. The zero-order valence-electron chi connectivity index (χ0n) is 16.7. The van der Waals surface area contributed by atoms with Crippen LogP contribution in [-0.2, 0) is 10.0 Å². The van der Waals surface area contributed by atoms with Crippen molar-refractivity contribution in [3.63, 3.8) is 0 Å². The predicted molar refractivity (Wildman–Crippen MR) is 122 cm³/mol. The van der Waals surface area contributed by atoms with Gasteiger partial charge in [-0.3, -0.25) is 9.52 Å². The van der Waals surface area contributed by atoms with E-state index in [-0.39, 0.29) is 10.8 Å². The molecular weight excluding hydrogens is 468 g/mol. The third kappa shape index (κ3) is 5.01. The highest BCUT2D eigenvalue weighted by Crippen LogP contribution is 2.26. The summed E-state index contributed by atoms with van der Waals surface area (Å²) < 4.78 is 33.8. The van der Waals surface area contributed by atoms with Gasteiger partial charge in [0.25, 0.3) is 15.9 Å². The summed E-state index contributed by atoms with van der Waals surface area (Å²) >= 11 is 3.35. The monoisotopic (exact) mass is 488 g/mol. The summed E-state index contributed by atoms with van der Waals surface area (Å²) in [6.07, 6.45) is 0. The van der Waals surface area contributed by atoms with Crippen molar-refractivity contribution in [1.29, 1.82) is 0 Å².